The van der Waals surface area contributed by atoms with Crippen LogP contribution in [0.15, 0.2) is 24.4 Å². The second kappa shape index (κ2) is 6.52. The summed E-state index contributed by atoms with van der Waals surface area (Å²) in [6.07, 6.45) is 2.87. The van der Waals surface area contributed by atoms with E-state index in [1.807, 2.05) is 0 Å². The van der Waals surface area contributed by atoms with E-state index in [-0.39, 0.29) is 5.82 Å². The van der Waals surface area contributed by atoms with Crippen LogP contribution in [0.5, 0.6) is 5.75 Å². The molecule has 0 saturated carbocycles. The van der Waals surface area contributed by atoms with E-state index >= 15 is 0 Å². The third-order valence-corrected chi connectivity index (χ3v) is 3.52. The predicted molar refractivity (Wildman–Crippen MR) is 76.4 cm³/mol. The summed E-state index contributed by atoms with van der Waals surface area (Å²) in [5.41, 5.74) is 0.590. The van der Waals surface area contributed by atoms with Gasteiger partial charge in [-0.05, 0) is 37.1 Å². The zero-order chi connectivity index (χ0) is 13.7. The Balaban J connectivity index is 1.91. The van der Waals surface area contributed by atoms with Crippen molar-refractivity contribution in [2.24, 2.45) is 0 Å². The molecule has 0 radical (unpaired) electrons. The number of benzene rings is 1. The van der Waals surface area contributed by atoms with Gasteiger partial charge in [0, 0.05) is 12.7 Å². The molecule has 2 aromatic rings. The second-order valence-electron chi connectivity index (χ2n) is 4.26. The lowest BCUT2D eigenvalue weighted by atomic mass is 10.2. The molecule has 0 atom stereocenters. The van der Waals surface area contributed by atoms with Crippen molar-refractivity contribution in [1.82, 2.24) is 4.98 Å². The van der Waals surface area contributed by atoms with Crippen LogP contribution in [-0.4, -0.2) is 11.5 Å². The summed E-state index contributed by atoms with van der Waals surface area (Å²) in [5, 5.41) is 4.14. The number of hydrogen-bond donors (Lipinski definition) is 1. The van der Waals surface area contributed by atoms with Gasteiger partial charge in [-0.1, -0.05) is 18.3 Å². The van der Waals surface area contributed by atoms with Gasteiger partial charge in [0.15, 0.2) is 5.13 Å². The normalized spacial score (nSPS) is 10.5. The van der Waals surface area contributed by atoms with Crippen molar-refractivity contribution < 1.29 is 9.13 Å². The first-order chi connectivity index (χ1) is 9.19. The van der Waals surface area contributed by atoms with Gasteiger partial charge in [0.2, 0.25) is 0 Å². The summed E-state index contributed by atoms with van der Waals surface area (Å²) in [7, 11) is 0. The van der Waals surface area contributed by atoms with E-state index in [2.05, 4.69) is 17.2 Å². The molecular weight excluding hydrogens is 263 g/mol. The first kappa shape index (κ1) is 13.8. The molecule has 102 valence electrons. The quantitative estimate of drug-likeness (QED) is 0.868. The van der Waals surface area contributed by atoms with Gasteiger partial charge >= 0.3 is 0 Å². The molecule has 1 aromatic heterocycles. The van der Waals surface area contributed by atoms with Crippen molar-refractivity contribution in [3.8, 4) is 5.75 Å². The Morgan fingerprint density at radius 3 is 3.00 bits per heavy atom. The molecular formula is C14H17FN2OS. The fourth-order valence-corrected chi connectivity index (χ4v) is 2.30. The second-order valence-corrected chi connectivity index (χ2v) is 5.37. The molecule has 0 amide bonds. The van der Waals surface area contributed by atoms with Gasteiger partial charge in [0.25, 0.3) is 0 Å². The number of rotatable bonds is 6. The van der Waals surface area contributed by atoms with Crippen LogP contribution in [0.25, 0.3) is 0 Å². The Labute approximate surface area is 116 Å². The van der Waals surface area contributed by atoms with Crippen LogP contribution in [-0.2, 0) is 6.61 Å². The SMILES string of the molecule is CCCNc1ncc(COc2ccc(F)c(C)c2)s1. The highest BCUT2D eigenvalue weighted by atomic mass is 32.1. The van der Waals surface area contributed by atoms with Crippen molar-refractivity contribution in [1.29, 1.82) is 0 Å². The topological polar surface area (TPSA) is 34.2 Å². The van der Waals surface area contributed by atoms with Gasteiger partial charge < -0.3 is 10.1 Å². The molecule has 0 bridgehead atoms. The zero-order valence-electron chi connectivity index (χ0n) is 11.1. The number of aryl methyl sites for hydroxylation is 1. The van der Waals surface area contributed by atoms with E-state index < -0.39 is 0 Å². The van der Waals surface area contributed by atoms with Crippen molar-refractivity contribution in [2.45, 2.75) is 26.9 Å². The lowest BCUT2D eigenvalue weighted by Gasteiger charge is -2.05. The van der Waals surface area contributed by atoms with Crippen molar-refractivity contribution in [3.05, 3.63) is 40.7 Å². The average Bonchev–Trinajstić information content (AvgIpc) is 2.86. The molecule has 19 heavy (non-hydrogen) atoms. The van der Waals surface area contributed by atoms with E-state index in [4.69, 9.17) is 4.74 Å². The maximum atomic E-state index is 13.1. The lowest BCUT2D eigenvalue weighted by Crippen LogP contribution is -1.97. The largest absolute Gasteiger partial charge is 0.488 e. The average molecular weight is 280 g/mol. The summed E-state index contributed by atoms with van der Waals surface area (Å²) in [6, 6.07) is 4.76. The summed E-state index contributed by atoms with van der Waals surface area (Å²) in [4.78, 5) is 5.31. The molecule has 0 fully saturated rings. The van der Waals surface area contributed by atoms with Gasteiger partial charge in [-0.15, -0.1) is 0 Å². The van der Waals surface area contributed by atoms with E-state index in [9.17, 15) is 4.39 Å². The van der Waals surface area contributed by atoms with Gasteiger partial charge in [-0.25, -0.2) is 9.37 Å². The number of nitrogens with one attached hydrogen (secondary N) is 1. The Bertz CT molecular complexity index is 542. The first-order valence-corrected chi connectivity index (χ1v) is 7.08. The molecule has 1 heterocycles. The summed E-state index contributed by atoms with van der Waals surface area (Å²) < 4.78 is 18.7. The van der Waals surface area contributed by atoms with Crippen molar-refractivity contribution in [3.63, 3.8) is 0 Å². The number of hydrogen-bond acceptors (Lipinski definition) is 4. The molecule has 0 aliphatic heterocycles. The monoisotopic (exact) mass is 280 g/mol. The zero-order valence-corrected chi connectivity index (χ0v) is 11.9. The Morgan fingerprint density at radius 1 is 1.42 bits per heavy atom. The molecule has 5 heteroatoms. The minimum absolute atomic E-state index is 0.212. The Kier molecular flexibility index (Phi) is 4.74. The fourth-order valence-electron chi connectivity index (χ4n) is 1.55. The molecule has 0 aliphatic carbocycles. The molecule has 0 aliphatic rings. The third kappa shape index (κ3) is 3.92. The number of anilines is 1. The van der Waals surface area contributed by atoms with Gasteiger partial charge in [0.1, 0.15) is 18.2 Å². The van der Waals surface area contributed by atoms with E-state index in [0.717, 1.165) is 23.0 Å². The fraction of sp³-hybridized carbons (Fsp3) is 0.357. The van der Waals surface area contributed by atoms with Gasteiger partial charge in [-0.3, -0.25) is 0 Å². The molecule has 0 unspecified atom stereocenters. The number of ether oxygens (including phenoxy) is 1. The molecule has 0 spiro atoms. The van der Waals surface area contributed by atoms with E-state index in [1.165, 1.54) is 6.07 Å². The van der Waals surface area contributed by atoms with E-state index in [0.29, 0.717) is 17.9 Å². The summed E-state index contributed by atoms with van der Waals surface area (Å²) in [5.74, 6) is 0.464. The number of thiazole rings is 1. The summed E-state index contributed by atoms with van der Waals surface area (Å²) >= 11 is 1.58. The lowest BCUT2D eigenvalue weighted by molar-refractivity contribution is 0.309. The van der Waals surface area contributed by atoms with Crippen LogP contribution in [0.4, 0.5) is 9.52 Å². The maximum Gasteiger partial charge on any atom is 0.182 e. The minimum atomic E-state index is -0.212. The van der Waals surface area contributed by atoms with Gasteiger partial charge in [-0.2, -0.15) is 0 Å². The minimum Gasteiger partial charge on any atom is -0.488 e. The van der Waals surface area contributed by atoms with Crippen molar-refractivity contribution in [2.75, 3.05) is 11.9 Å². The number of nitrogens with zero attached hydrogens (tertiary/aromatic N) is 1. The third-order valence-electron chi connectivity index (χ3n) is 2.59. The maximum absolute atomic E-state index is 13.1. The standard InChI is InChI=1S/C14H17FN2OS/c1-3-6-16-14-17-8-12(19-14)9-18-11-4-5-13(15)10(2)7-11/h4-5,7-8H,3,6,9H2,1-2H3,(H,16,17). The number of halogens is 1. The highest BCUT2D eigenvalue weighted by Crippen LogP contribution is 2.21. The molecule has 1 aromatic carbocycles. The van der Waals surface area contributed by atoms with Crippen molar-refractivity contribution >= 4 is 16.5 Å². The molecule has 0 saturated heterocycles. The van der Waals surface area contributed by atoms with Crippen LogP contribution in [0.1, 0.15) is 23.8 Å². The predicted octanol–water partition coefficient (Wildman–Crippen LogP) is 3.99. The molecule has 1 N–H and O–H groups in total. The van der Waals surface area contributed by atoms with Crippen LogP contribution < -0.4 is 10.1 Å². The molecule has 2 rings (SSSR count). The van der Waals surface area contributed by atoms with Crippen LogP contribution in [0, 0.1) is 12.7 Å². The van der Waals surface area contributed by atoms with Gasteiger partial charge in [0.05, 0.1) is 4.88 Å². The van der Waals surface area contributed by atoms with Crippen LogP contribution in [0.2, 0.25) is 0 Å². The van der Waals surface area contributed by atoms with Crippen LogP contribution in [0.3, 0.4) is 0 Å². The first-order valence-electron chi connectivity index (χ1n) is 6.26. The van der Waals surface area contributed by atoms with E-state index in [1.54, 1.807) is 36.6 Å². The summed E-state index contributed by atoms with van der Waals surface area (Å²) in [6.45, 7) is 5.21. The highest BCUT2D eigenvalue weighted by Gasteiger charge is 2.04. The smallest absolute Gasteiger partial charge is 0.182 e. The Morgan fingerprint density at radius 2 is 2.26 bits per heavy atom. The Hall–Kier alpha value is -1.62. The highest BCUT2D eigenvalue weighted by molar-refractivity contribution is 7.15. The van der Waals surface area contributed by atoms with Crippen LogP contribution >= 0.6 is 11.3 Å². The number of aromatic nitrogens is 1. The molecule has 3 nitrogen and oxygen atoms in total.